The summed E-state index contributed by atoms with van der Waals surface area (Å²) in [5.74, 6) is 0.946. The molecule has 1 heterocycles. The molecule has 2 aromatic rings. The Hall–Kier alpha value is -2.84. The highest BCUT2D eigenvalue weighted by Gasteiger charge is 2.27. The van der Waals surface area contributed by atoms with Crippen LogP contribution >= 0.6 is 0 Å². The van der Waals surface area contributed by atoms with Crippen molar-refractivity contribution >= 4 is 11.6 Å². The van der Waals surface area contributed by atoms with Gasteiger partial charge in [0.15, 0.2) is 0 Å². The number of ether oxygens (including phenoxy) is 2. The van der Waals surface area contributed by atoms with Gasteiger partial charge in [-0.05, 0) is 96.7 Å². The number of hydrogen-bond donors (Lipinski definition) is 3. The average molecular weight is 513 g/mol. The van der Waals surface area contributed by atoms with Crippen molar-refractivity contribution < 1.29 is 14.3 Å². The summed E-state index contributed by atoms with van der Waals surface area (Å²) >= 11 is 0. The Morgan fingerprint density at radius 1 is 1.11 bits per heavy atom. The average Bonchev–Trinajstić information content (AvgIpc) is 2.85. The van der Waals surface area contributed by atoms with Gasteiger partial charge < -0.3 is 30.0 Å². The van der Waals surface area contributed by atoms with Crippen molar-refractivity contribution in [2.75, 3.05) is 39.7 Å². The summed E-state index contributed by atoms with van der Waals surface area (Å²) in [7, 11) is 5.95. The van der Waals surface area contributed by atoms with Crippen LogP contribution in [0, 0.1) is 26.7 Å². The van der Waals surface area contributed by atoms with Gasteiger partial charge in [-0.2, -0.15) is 0 Å². The number of pyridine rings is 1. The van der Waals surface area contributed by atoms with Gasteiger partial charge in [0.25, 0.3) is 11.5 Å². The van der Waals surface area contributed by atoms with Gasteiger partial charge in [0.05, 0.1) is 6.61 Å². The summed E-state index contributed by atoms with van der Waals surface area (Å²) < 4.78 is 11.0. The second-order valence-electron chi connectivity index (χ2n) is 10.6. The van der Waals surface area contributed by atoms with Crippen LogP contribution in [0.5, 0.6) is 5.75 Å². The highest BCUT2D eigenvalue weighted by molar-refractivity contribution is 5.97. The maximum atomic E-state index is 13.3. The molecule has 8 nitrogen and oxygen atoms in total. The molecule has 1 aromatic carbocycles. The lowest BCUT2D eigenvalue weighted by molar-refractivity contribution is 0.0949. The van der Waals surface area contributed by atoms with E-state index in [1.807, 2.05) is 32.9 Å². The van der Waals surface area contributed by atoms with Gasteiger partial charge in [-0.1, -0.05) is 0 Å². The molecular weight excluding hydrogens is 468 g/mol. The number of H-pyrrole nitrogens is 1. The number of carbonyl (C=O) groups excluding carboxylic acids is 1. The molecule has 1 aliphatic carbocycles. The van der Waals surface area contributed by atoms with E-state index in [1.165, 1.54) is 25.7 Å². The number of anilines is 1. The Kier molecular flexibility index (Phi) is 10.2. The molecule has 3 rings (SSSR count). The Morgan fingerprint density at radius 2 is 1.81 bits per heavy atom. The van der Waals surface area contributed by atoms with Crippen molar-refractivity contribution in [2.24, 2.45) is 5.92 Å². The minimum absolute atomic E-state index is 0.156. The van der Waals surface area contributed by atoms with E-state index in [-0.39, 0.29) is 24.1 Å². The summed E-state index contributed by atoms with van der Waals surface area (Å²) in [6, 6.07) is 6.57. The molecule has 1 saturated carbocycles. The first-order chi connectivity index (χ1) is 17.6. The van der Waals surface area contributed by atoms with Crippen LogP contribution in [-0.4, -0.2) is 62.3 Å². The van der Waals surface area contributed by atoms with E-state index >= 15 is 0 Å². The topological polar surface area (TPSA) is 95.7 Å². The van der Waals surface area contributed by atoms with E-state index < -0.39 is 0 Å². The number of benzene rings is 1. The number of nitrogens with zero attached hydrogens (tertiary/aromatic N) is 1. The number of carbonyl (C=O) groups is 1. The molecule has 1 aromatic heterocycles. The van der Waals surface area contributed by atoms with Crippen LogP contribution in [0.3, 0.4) is 0 Å². The number of aromatic nitrogens is 1. The number of hydrogen-bond acceptors (Lipinski definition) is 6. The molecule has 37 heavy (non-hydrogen) atoms. The van der Waals surface area contributed by atoms with E-state index in [4.69, 9.17) is 9.47 Å². The minimum Gasteiger partial charge on any atom is -0.491 e. The third kappa shape index (κ3) is 7.58. The minimum atomic E-state index is -0.240. The second kappa shape index (κ2) is 13.1. The van der Waals surface area contributed by atoms with Crippen LogP contribution in [0.2, 0.25) is 0 Å². The zero-order valence-corrected chi connectivity index (χ0v) is 23.5. The molecule has 1 atom stereocenters. The Morgan fingerprint density at radius 3 is 2.43 bits per heavy atom. The number of rotatable bonds is 11. The van der Waals surface area contributed by atoms with Gasteiger partial charge >= 0.3 is 0 Å². The monoisotopic (exact) mass is 512 g/mol. The van der Waals surface area contributed by atoms with Crippen LogP contribution in [0.1, 0.15) is 65.3 Å². The van der Waals surface area contributed by atoms with Crippen LogP contribution in [0.15, 0.2) is 23.0 Å². The summed E-state index contributed by atoms with van der Waals surface area (Å²) in [5.41, 5.74) is 4.33. The molecule has 0 aliphatic heterocycles. The van der Waals surface area contributed by atoms with Crippen molar-refractivity contribution in [1.29, 1.82) is 0 Å². The van der Waals surface area contributed by atoms with Gasteiger partial charge in [0, 0.05) is 54.3 Å². The lowest BCUT2D eigenvalue weighted by Gasteiger charge is -2.36. The smallest absolute Gasteiger partial charge is 0.253 e. The van der Waals surface area contributed by atoms with Gasteiger partial charge in [0.2, 0.25) is 0 Å². The molecule has 3 N–H and O–H groups in total. The first-order valence-electron chi connectivity index (χ1n) is 13.3. The Balaban J connectivity index is 1.79. The highest BCUT2D eigenvalue weighted by atomic mass is 16.5. The SMILES string of the molecule is COCCOc1cc(NC(C)C2CCC(N(C)C)CC2)c(C)c(C(=O)NCc2c(C)cc(C)[nH]c2=O)c1. The molecule has 0 radical (unpaired) electrons. The van der Waals surface area contributed by atoms with E-state index in [9.17, 15) is 9.59 Å². The van der Waals surface area contributed by atoms with Gasteiger partial charge in [-0.3, -0.25) is 9.59 Å². The third-order valence-corrected chi connectivity index (χ3v) is 7.66. The predicted octanol–water partition coefficient (Wildman–Crippen LogP) is 4.18. The summed E-state index contributed by atoms with van der Waals surface area (Å²) in [6.07, 6.45) is 4.76. The maximum absolute atomic E-state index is 13.3. The van der Waals surface area contributed by atoms with E-state index in [1.54, 1.807) is 13.2 Å². The third-order valence-electron chi connectivity index (χ3n) is 7.66. The Labute approximate surface area is 221 Å². The molecule has 0 saturated heterocycles. The maximum Gasteiger partial charge on any atom is 0.253 e. The van der Waals surface area contributed by atoms with Crippen molar-refractivity contribution in [3.63, 3.8) is 0 Å². The van der Waals surface area contributed by atoms with E-state index in [0.717, 1.165) is 22.5 Å². The second-order valence-corrected chi connectivity index (χ2v) is 10.6. The number of amides is 1. The molecule has 0 spiro atoms. The highest BCUT2D eigenvalue weighted by Crippen LogP contribution is 2.33. The zero-order chi connectivity index (χ0) is 27.1. The molecule has 8 heteroatoms. The largest absolute Gasteiger partial charge is 0.491 e. The zero-order valence-electron chi connectivity index (χ0n) is 23.5. The lowest BCUT2D eigenvalue weighted by Crippen LogP contribution is -2.36. The van der Waals surface area contributed by atoms with Gasteiger partial charge in [0.1, 0.15) is 12.4 Å². The molecular formula is C29H44N4O4. The van der Waals surface area contributed by atoms with Crippen molar-refractivity contribution in [2.45, 2.75) is 72.0 Å². The number of aryl methyl sites for hydroxylation is 2. The predicted molar refractivity (Wildman–Crippen MR) is 149 cm³/mol. The van der Waals surface area contributed by atoms with Crippen molar-refractivity contribution in [3.8, 4) is 5.75 Å². The van der Waals surface area contributed by atoms with Crippen LogP contribution < -0.4 is 20.9 Å². The van der Waals surface area contributed by atoms with Gasteiger partial charge in [-0.25, -0.2) is 0 Å². The number of methoxy groups -OCH3 is 1. The normalized spacial score (nSPS) is 18.5. The quantitative estimate of drug-likeness (QED) is 0.391. The van der Waals surface area contributed by atoms with Crippen LogP contribution in [0.4, 0.5) is 5.69 Å². The van der Waals surface area contributed by atoms with Crippen molar-refractivity contribution in [3.05, 3.63) is 56.5 Å². The fourth-order valence-corrected chi connectivity index (χ4v) is 5.25. The fraction of sp³-hybridized carbons (Fsp3) is 0.586. The number of aromatic amines is 1. The van der Waals surface area contributed by atoms with Crippen molar-refractivity contribution in [1.82, 2.24) is 15.2 Å². The number of nitrogens with one attached hydrogen (secondary N) is 3. The Bertz CT molecular complexity index is 1120. The van der Waals surface area contributed by atoms with Gasteiger partial charge in [-0.15, -0.1) is 0 Å². The first-order valence-corrected chi connectivity index (χ1v) is 13.3. The fourth-order valence-electron chi connectivity index (χ4n) is 5.25. The van der Waals surface area contributed by atoms with Crippen LogP contribution in [-0.2, 0) is 11.3 Å². The summed E-state index contributed by atoms with van der Waals surface area (Å²) in [6.45, 7) is 8.91. The molecule has 1 aliphatic rings. The molecule has 1 unspecified atom stereocenters. The summed E-state index contributed by atoms with van der Waals surface area (Å²) in [4.78, 5) is 30.9. The first kappa shape index (κ1) is 28.7. The summed E-state index contributed by atoms with van der Waals surface area (Å²) in [5, 5.41) is 6.63. The molecule has 1 fully saturated rings. The van der Waals surface area contributed by atoms with E-state index in [0.29, 0.717) is 42.0 Å². The standard InChI is InChI=1S/C29H44N4O4/c1-18-14-19(2)31-29(35)26(18)17-30-28(34)25-15-24(37-13-12-36-7)16-27(20(25)3)32-21(4)22-8-10-23(11-9-22)33(5)6/h14-16,21-23,32H,8-13,17H2,1-7H3,(H,30,34)(H,31,35). The van der Waals surface area contributed by atoms with E-state index in [2.05, 4.69) is 41.5 Å². The molecule has 1 amide bonds. The molecule has 204 valence electrons. The molecule has 0 bridgehead atoms. The lowest BCUT2D eigenvalue weighted by atomic mass is 9.81. The van der Waals surface area contributed by atoms with Crippen LogP contribution in [0.25, 0.3) is 0 Å².